The largest absolute Gasteiger partial charge is 0.478 e. The summed E-state index contributed by atoms with van der Waals surface area (Å²) >= 11 is 1.57. The number of carboxylic acids is 1. The van der Waals surface area contributed by atoms with Crippen LogP contribution in [0.25, 0.3) is 21.5 Å². The molecule has 9 heteroatoms. The summed E-state index contributed by atoms with van der Waals surface area (Å²) in [6, 6.07) is 12.2. The number of hydrogen-bond acceptors (Lipinski definition) is 7. The van der Waals surface area contributed by atoms with Crippen LogP contribution in [0.15, 0.2) is 47.0 Å². The van der Waals surface area contributed by atoms with Crippen LogP contribution in [0.1, 0.15) is 66.1 Å². The first-order chi connectivity index (χ1) is 18.0. The van der Waals surface area contributed by atoms with E-state index in [1.165, 1.54) is 12.1 Å². The number of nitrogens with zero attached hydrogens (tertiary/aromatic N) is 3. The SMILES string of the molecule is O=C(O)c1ccc2nc(N3C4CCC3CC(OCc3c(-c5ccc(F)cc5)noc3C3CC3)C4)sc2c1. The number of aromatic carboxylic acids is 1. The van der Waals surface area contributed by atoms with Crippen molar-refractivity contribution in [2.75, 3.05) is 4.90 Å². The molecule has 4 aromatic rings. The van der Waals surface area contributed by atoms with Gasteiger partial charge in [0.05, 0.1) is 28.5 Å². The highest BCUT2D eigenvalue weighted by atomic mass is 32.1. The molecular weight excluding hydrogens is 493 g/mol. The average molecular weight is 520 g/mol. The Morgan fingerprint density at radius 1 is 1.11 bits per heavy atom. The van der Waals surface area contributed by atoms with E-state index in [1.807, 2.05) is 0 Å². The quantitative estimate of drug-likeness (QED) is 0.303. The third-order valence-corrected chi connectivity index (χ3v) is 8.91. The van der Waals surface area contributed by atoms with Crippen LogP contribution < -0.4 is 4.90 Å². The normalized spacial score (nSPS) is 23.2. The number of aromatic nitrogens is 2. The van der Waals surface area contributed by atoms with Crippen LogP contribution in [-0.2, 0) is 11.3 Å². The lowest BCUT2D eigenvalue weighted by Gasteiger charge is -2.38. The Kier molecular flexibility index (Phi) is 5.51. The number of halogens is 1. The van der Waals surface area contributed by atoms with E-state index < -0.39 is 5.97 Å². The Labute approximate surface area is 216 Å². The Morgan fingerprint density at radius 3 is 2.57 bits per heavy atom. The van der Waals surface area contributed by atoms with Crippen molar-refractivity contribution in [1.82, 2.24) is 10.1 Å². The zero-order valence-electron chi connectivity index (χ0n) is 20.1. The van der Waals surface area contributed by atoms with Gasteiger partial charge in [-0.3, -0.25) is 0 Å². The van der Waals surface area contributed by atoms with Crippen molar-refractivity contribution in [3.63, 3.8) is 0 Å². The summed E-state index contributed by atoms with van der Waals surface area (Å²) in [7, 11) is 0. The molecule has 4 heterocycles. The number of benzene rings is 2. The lowest BCUT2D eigenvalue weighted by atomic mass is 10.00. The fourth-order valence-electron chi connectivity index (χ4n) is 5.89. The molecule has 1 N–H and O–H groups in total. The molecule has 2 bridgehead atoms. The highest BCUT2D eigenvalue weighted by Gasteiger charge is 2.43. The van der Waals surface area contributed by atoms with E-state index in [0.717, 1.165) is 76.5 Å². The van der Waals surface area contributed by atoms with Gasteiger partial charge in [-0.2, -0.15) is 0 Å². The van der Waals surface area contributed by atoms with Gasteiger partial charge in [0.2, 0.25) is 0 Å². The minimum atomic E-state index is -0.921. The first-order valence-electron chi connectivity index (χ1n) is 12.8. The fraction of sp³-hybridized carbons (Fsp3) is 0.393. The van der Waals surface area contributed by atoms with E-state index in [0.29, 0.717) is 24.6 Å². The predicted octanol–water partition coefficient (Wildman–Crippen LogP) is 6.38. The van der Waals surface area contributed by atoms with Gasteiger partial charge in [-0.1, -0.05) is 16.5 Å². The van der Waals surface area contributed by atoms with Gasteiger partial charge in [0.1, 0.15) is 17.3 Å². The minimum absolute atomic E-state index is 0.129. The molecule has 2 saturated heterocycles. The van der Waals surface area contributed by atoms with E-state index in [1.54, 1.807) is 41.7 Å². The zero-order chi connectivity index (χ0) is 25.1. The van der Waals surface area contributed by atoms with E-state index in [9.17, 15) is 14.3 Å². The topological polar surface area (TPSA) is 88.7 Å². The van der Waals surface area contributed by atoms with Gasteiger partial charge in [0.25, 0.3) is 0 Å². The van der Waals surface area contributed by atoms with Gasteiger partial charge in [-0.25, -0.2) is 14.2 Å². The summed E-state index contributed by atoms with van der Waals surface area (Å²) in [5, 5.41) is 14.6. The third kappa shape index (κ3) is 4.20. The van der Waals surface area contributed by atoms with Crippen molar-refractivity contribution < 1.29 is 23.6 Å². The highest BCUT2D eigenvalue weighted by molar-refractivity contribution is 7.22. The van der Waals surface area contributed by atoms with Crippen molar-refractivity contribution in [2.45, 2.75) is 69.2 Å². The summed E-state index contributed by atoms with van der Waals surface area (Å²) in [6.45, 7) is 0.436. The second-order valence-electron chi connectivity index (χ2n) is 10.3. The molecule has 3 aliphatic rings. The van der Waals surface area contributed by atoms with Crippen LogP contribution in [0.3, 0.4) is 0 Å². The summed E-state index contributed by atoms with van der Waals surface area (Å²) in [5.41, 5.74) is 3.71. The number of ether oxygens (including phenoxy) is 1. The van der Waals surface area contributed by atoms with Gasteiger partial charge in [0, 0.05) is 29.1 Å². The van der Waals surface area contributed by atoms with Crippen molar-refractivity contribution >= 4 is 32.7 Å². The molecule has 0 radical (unpaired) electrons. The molecule has 2 aromatic carbocycles. The van der Waals surface area contributed by atoms with Gasteiger partial charge in [-0.15, -0.1) is 0 Å². The molecule has 190 valence electrons. The summed E-state index contributed by atoms with van der Waals surface area (Å²) in [4.78, 5) is 18.6. The maximum Gasteiger partial charge on any atom is 0.335 e. The highest BCUT2D eigenvalue weighted by Crippen LogP contribution is 2.46. The second-order valence-corrected chi connectivity index (χ2v) is 11.3. The Balaban J connectivity index is 1.08. The summed E-state index contributed by atoms with van der Waals surface area (Å²) in [5.74, 6) is 0.120. The molecule has 3 fully saturated rings. The number of anilines is 1. The molecule has 7 rings (SSSR count). The number of hydrogen-bond donors (Lipinski definition) is 1. The molecule has 2 atom stereocenters. The third-order valence-electron chi connectivity index (χ3n) is 7.88. The summed E-state index contributed by atoms with van der Waals surface area (Å²) in [6.07, 6.45) is 6.37. The number of piperidine rings is 1. The van der Waals surface area contributed by atoms with Gasteiger partial charge < -0.3 is 19.3 Å². The van der Waals surface area contributed by atoms with Crippen molar-refractivity contribution in [1.29, 1.82) is 0 Å². The smallest absolute Gasteiger partial charge is 0.335 e. The summed E-state index contributed by atoms with van der Waals surface area (Å²) < 4.78 is 26.6. The lowest BCUT2D eigenvalue weighted by Crippen LogP contribution is -2.45. The number of thiazole rings is 1. The fourth-order valence-corrected chi connectivity index (χ4v) is 7.04. The Hall–Kier alpha value is -3.30. The molecule has 2 aromatic heterocycles. The number of carbonyl (C=O) groups is 1. The van der Waals surface area contributed by atoms with Gasteiger partial charge in [0.15, 0.2) is 5.13 Å². The molecule has 2 aliphatic heterocycles. The first kappa shape index (κ1) is 22.9. The molecular formula is C28H26FN3O4S. The maximum atomic E-state index is 13.5. The van der Waals surface area contributed by atoms with Crippen LogP contribution in [0.2, 0.25) is 0 Å². The Bertz CT molecular complexity index is 1460. The molecule has 1 aliphatic carbocycles. The number of rotatable bonds is 7. The number of carboxylic acid groups (broad SMARTS) is 1. The van der Waals surface area contributed by atoms with E-state index >= 15 is 0 Å². The second kappa shape index (κ2) is 8.92. The molecule has 37 heavy (non-hydrogen) atoms. The van der Waals surface area contributed by atoms with Crippen LogP contribution in [0, 0.1) is 5.82 Å². The standard InChI is InChI=1S/C28H26FN3O4S/c29-18-6-3-15(4-7-18)25-22(26(36-31-25)16-1-2-16)14-35-21-12-19-8-9-20(13-21)32(19)28-30-23-10-5-17(27(33)34)11-24(23)37-28/h3-7,10-11,16,19-21H,1-2,8-9,12-14H2,(H,33,34). The zero-order valence-corrected chi connectivity index (χ0v) is 20.9. The number of fused-ring (bicyclic) bond motifs is 3. The predicted molar refractivity (Wildman–Crippen MR) is 138 cm³/mol. The van der Waals surface area contributed by atoms with E-state index in [2.05, 4.69) is 10.1 Å². The Morgan fingerprint density at radius 2 is 1.86 bits per heavy atom. The minimum Gasteiger partial charge on any atom is -0.478 e. The van der Waals surface area contributed by atoms with Gasteiger partial charge in [-0.05, 0) is 81.0 Å². The van der Waals surface area contributed by atoms with E-state index in [-0.39, 0.29) is 17.5 Å². The van der Waals surface area contributed by atoms with Crippen molar-refractivity contribution in [3.8, 4) is 11.3 Å². The molecule has 1 saturated carbocycles. The average Bonchev–Trinajstić information content (AvgIpc) is 3.41. The van der Waals surface area contributed by atoms with Crippen LogP contribution >= 0.6 is 11.3 Å². The first-order valence-corrected chi connectivity index (χ1v) is 13.6. The molecule has 0 amide bonds. The van der Waals surface area contributed by atoms with Crippen LogP contribution in [-0.4, -0.2) is 39.4 Å². The van der Waals surface area contributed by atoms with Crippen molar-refractivity contribution in [2.24, 2.45) is 0 Å². The lowest BCUT2D eigenvalue weighted by molar-refractivity contribution is 0.0147. The maximum absolute atomic E-state index is 13.5. The van der Waals surface area contributed by atoms with Crippen LogP contribution in [0.5, 0.6) is 0 Å². The molecule has 0 spiro atoms. The van der Waals surface area contributed by atoms with E-state index in [4.69, 9.17) is 14.2 Å². The molecule has 2 unspecified atom stereocenters. The van der Waals surface area contributed by atoms with Crippen LogP contribution in [0.4, 0.5) is 9.52 Å². The van der Waals surface area contributed by atoms with Gasteiger partial charge >= 0.3 is 5.97 Å². The molecule has 7 nitrogen and oxygen atoms in total. The monoisotopic (exact) mass is 519 g/mol. The van der Waals surface area contributed by atoms with Crippen molar-refractivity contribution in [3.05, 3.63) is 65.2 Å².